The van der Waals surface area contributed by atoms with Crippen LogP contribution in [0.5, 0.6) is 0 Å². The fourth-order valence-corrected chi connectivity index (χ4v) is 4.60. The predicted molar refractivity (Wildman–Crippen MR) is 63.1 cm³/mol. The molecule has 0 N–H and O–H groups in total. The number of likely N-dealkylation sites (N-methyl/N-ethyl adjacent to an activating group) is 1. The van der Waals surface area contributed by atoms with Crippen LogP contribution in [0.25, 0.3) is 0 Å². The summed E-state index contributed by atoms with van der Waals surface area (Å²) < 4.78 is 0. The summed E-state index contributed by atoms with van der Waals surface area (Å²) in [5.74, 6) is 1.31. The standard InChI is InChI=1S/C12H15NS/c1-12-7-8-14-11(12)13(2)10-6-4-3-5-9(10)12/h3-6,11H,7-8H2,1-2H3. The largest absolute Gasteiger partial charge is 0.361 e. The molecule has 0 bridgehead atoms. The van der Waals surface area contributed by atoms with Gasteiger partial charge in [0.1, 0.15) is 0 Å². The molecule has 74 valence electrons. The molecule has 0 aromatic heterocycles. The Morgan fingerprint density at radius 2 is 2.21 bits per heavy atom. The number of rotatable bonds is 0. The first-order valence-corrected chi connectivity index (χ1v) is 6.22. The van der Waals surface area contributed by atoms with Crippen LogP contribution in [0.3, 0.4) is 0 Å². The molecule has 3 rings (SSSR count). The van der Waals surface area contributed by atoms with Crippen LogP contribution >= 0.6 is 11.8 Å². The Morgan fingerprint density at radius 1 is 1.43 bits per heavy atom. The smallest absolute Gasteiger partial charge is 0.0842 e. The second-order valence-corrected chi connectivity index (χ2v) is 5.71. The molecule has 0 amide bonds. The van der Waals surface area contributed by atoms with Crippen LogP contribution < -0.4 is 4.90 Å². The zero-order chi connectivity index (χ0) is 9.76. The van der Waals surface area contributed by atoms with E-state index in [-0.39, 0.29) is 0 Å². The van der Waals surface area contributed by atoms with Gasteiger partial charge in [-0.3, -0.25) is 0 Å². The zero-order valence-corrected chi connectivity index (χ0v) is 9.47. The van der Waals surface area contributed by atoms with Crippen molar-refractivity contribution < 1.29 is 0 Å². The average molecular weight is 205 g/mol. The Balaban J connectivity index is 2.21. The van der Waals surface area contributed by atoms with Gasteiger partial charge in [0.15, 0.2) is 0 Å². The first kappa shape index (κ1) is 8.66. The second kappa shape index (κ2) is 2.69. The maximum absolute atomic E-state index is 2.45. The number of hydrogen-bond acceptors (Lipinski definition) is 2. The average Bonchev–Trinajstić information content (AvgIpc) is 2.67. The van der Waals surface area contributed by atoms with E-state index in [0.717, 1.165) is 0 Å². The van der Waals surface area contributed by atoms with Crippen LogP contribution in [0, 0.1) is 0 Å². The van der Waals surface area contributed by atoms with Crippen LogP contribution in [0.15, 0.2) is 24.3 Å². The molecule has 0 spiro atoms. The number of thioether (sulfide) groups is 1. The lowest BCUT2D eigenvalue weighted by Gasteiger charge is -2.27. The lowest BCUT2D eigenvalue weighted by molar-refractivity contribution is 0.487. The fourth-order valence-electron chi connectivity index (χ4n) is 2.89. The van der Waals surface area contributed by atoms with Crippen molar-refractivity contribution in [1.82, 2.24) is 0 Å². The molecular formula is C12H15NS. The van der Waals surface area contributed by atoms with Crippen LogP contribution in [-0.4, -0.2) is 18.2 Å². The van der Waals surface area contributed by atoms with Crippen molar-refractivity contribution in [2.75, 3.05) is 17.7 Å². The lowest BCUT2D eigenvalue weighted by Crippen LogP contribution is -2.34. The van der Waals surface area contributed by atoms with Gasteiger partial charge in [-0.25, -0.2) is 0 Å². The minimum atomic E-state index is 0.399. The van der Waals surface area contributed by atoms with E-state index in [4.69, 9.17) is 0 Å². The van der Waals surface area contributed by atoms with E-state index < -0.39 is 0 Å². The van der Waals surface area contributed by atoms with E-state index in [1.54, 1.807) is 5.56 Å². The van der Waals surface area contributed by atoms with Crippen molar-refractivity contribution in [2.24, 2.45) is 0 Å². The first-order chi connectivity index (χ1) is 6.73. The highest BCUT2D eigenvalue weighted by Gasteiger charge is 2.49. The summed E-state index contributed by atoms with van der Waals surface area (Å²) in [5.41, 5.74) is 3.39. The Bertz CT molecular complexity index is 376. The van der Waals surface area contributed by atoms with Crippen LogP contribution in [0.2, 0.25) is 0 Å². The number of nitrogens with zero attached hydrogens (tertiary/aromatic N) is 1. The van der Waals surface area contributed by atoms with E-state index in [9.17, 15) is 0 Å². The third-order valence-electron chi connectivity index (χ3n) is 3.69. The molecule has 0 aliphatic carbocycles. The minimum Gasteiger partial charge on any atom is -0.361 e. The molecule has 2 atom stereocenters. The molecule has 2 aliphatic heterocycles. The van der Waals surface area contributed by atoms with Crippen molar-refractivity contribution >= 4 is 17.4 Å². The van der Waals surface area contributed by atoms with Crippen molar-refractivity contribution in [2.45, 2.75) is 24.1 Å². The van der Waals surface area contributed by atoms with Gasteiger partial charge in [0.25, 0.3) is 0 Å². The van der Waals surface area contributed by atoms with Crippen molar-refractivity contribution in [3.8, 4) is 0 Å². The Morgan fingerprint density at radius 3 is 3.07 bits per heavy atom. The number of fused-ring (bicyclic) bond motifs is 3. The quantitative estimate of drug-likeness (QED) is 0.640. The molecule has 14 heavy (non-hydrogen) atoms. The van der Waals surface area contributed by atoms with Crippen molar-refractivity contribution in [1.29, 1.82) is 0 Å². The third-order valence-corrected chi connectivity index (χ3v) is 5.29. The predicted octanol–water partition coefficient (Wildman–Crippen LogP) is 2.86. The van der Waals surface area contributed by atoms with Crippen LogP contribution in [0.1, 0.15) is 18.9 Å². The number of anilines is 1. The molecule has 1 aromatic rings. The molecule has 1 saturated heterocycles. The molecule has 2 aliphatic rings. The molecule has 2 heteroatoms. The molecule has 1 fully saturated rings. The summed E-state index contributed by atoms with van der Waals surface area (Å²) in [4.78, 5) is 2.45. The molecule has 1 nitrogen and oxygen atoms in total. The van der Waals surface area contributed by atoms with Gasteiger partial charge >= 0.3 is 0 Å². The SMILES string of the molecule is CN1c2ccccc2C2(C)CCSC12. The third kappa shape index (κ3) is 0.876. The van der Waals surface area contributed by atoms with Gasteiger partial charge in [-0.15, -0.1) is 11.8 Å². The van der Waals surface area contributed by atoms with Gasteiger partial charge in [-0.1, -0.05) is 25.1 Å². The minimum absolute atomic E-state index is 0.399. The molecular weight excluding hydrogens is 190 g/mol. The van der Waals surface area contributed by atoms with Crippen molar-refractivity contribution in [3.63, 3.8) is 0 Å². The topological polar surface area (TPSA) is 3.24 Å². The zero-order valence-electron chi connectivity index (χ0n) is 8.66. The monoisotopic (exact) mass is 205 g/mol. The normalized spacial score (nSPS) is 34.4. The van der Waals surface area contributed by atoms with Crippen molar-refractivity contribution in [3.05, 3.63) is 29.8 Å². The highest BCUT2D eigenvalue weighted by atomic mass is 32.2. The van der Waals surface area contributed by atoms with Gasteiger partial charge < -0.3 is 4.90 Å². The fraction of sp³-hybridized carbons (Fsp3) is 0.500. The highest BCUT2D eigenvalue weighted by Crippen LogP contribution is 2.54. The maximum Gasteiger partial charge on any atom is 0.0842 e. The van der Waals surface area contributed by atoms with E-state index in [1.165, 1.54) is 17.9 Å². The molecule has 0 radical (unpaired) electrons. The van der Waals surface area contributed by atoms with E-state index in [1.807, 2.05) is 0 Å². The van der Waals surface area contributed by atoms with Crippen LogP contribution in [0.4, 0.5) is 5.69 Å². The summed E-state index contributed by atoms with van der Waals surface area (Å²) in [5, 5.41) is 0.667. The molecule has 2 heterocycles. The Hall–Kier alpha value is -0.630. The Labute approximate surface area is 89.5 Å². The summed E-state index contributed by atoms with van der Waals surface area (Å²) in [6.45, 7) is 2.42. The summed E-state index contributed by atoms with van der Waals surface area (Å²) >= 11 is 2.10. The van der Waals surface area contributed by atoms with Gasteiger partial charge in [0.05, 0.1) is 5.37 Å². The number of para-hydroxylation sites is 1. The van der Waals surface area contributed by atoms with E-state index >= 15 is 0 Å². The summed E-state index contributed by atoms with van der Waals surface area (Å²) in [6, 6.07) is 8.87. The summed E-state index contributed by atoms with van der Waals surface area (Å²) in [7, 11) is 2.23. The second-order valence-electron chi connectivity index (χ2n) is 4.52. The number of benzene rings is 1. The van der Waals surface area contributed by atoms with Gasteiger partial charge in [0, 0.05) is 18.2 Å². The highest BCUT2D eigenvalue weighted by molar-refractivity contribution is 8.00. The first-order valence-electron chi connectivity index (χ1n) is 5.17. The summed E-state index contributed by atoms with van der Waals surface area (Å²) in [6.07, 6.45) is 1.32. The van der Waals surface area contributed by atoms with Gasteiger partial charge in [0.2, 0.25) is 0 Å². The molecule has 2 unspecified atom stereocenters. The van der Waals surface area contributed by atoms with Gasteiger partial charge in [-0.2, -0.15) is 0 Å². The lowest BCUT2D eigenvalue weighted by atomic mass is 9.82. The van der Waals surface area contributed by atoms with Crippen LogP contribution in [-0.2, 0) is 5.41 Å². The molecule has 0 saturated carbocycles. The van der Waals surface area contributed by atoms with Gasteiger partial charge in [-0.05, 0) is 23.8 Å². The van der Waals surface area contributed by atoms with E-state index in [2.05, 4.69) is 54.9 Å². The maximum atomic E-state index is 2.45. The molecule has 1 aromatic carbocycles. The van der Waals surface area contributed by atoms with E-state index in [0.29, 0.717) is 10.8 Å². The number of hydrogen-bond donors (Lipinski definition) is 0. The Kier molecular flexibility index (Phi) is 1.67.